The van der Waals surface area contributed by atoms with Crippen LogP contribution < -0.4 is 5.32 Å². The number of rotatable bonds is 8. The van der Waals surface area contributed by atoms with Gasteiger partial charge in [-0.1, -0.05) is 32.0 Å². The van der Waals surface area contributed by atoms with E-state index in [1.165, 1.54) is 12.8 Å². The summed E-state index contributed by atoms with van der Waals surface area (Å²) in [4.78, 5) is 16.5. The van der Waals surface area contributed by atoms with Crippen LogP contribution in [0.2, 0.25) is 0 Å². The van der Waals surface area contributed by atoms with Gasteiger partial charge in [0.25, 0.3) is 0 Å². The lowest BCUT2D eigenvalue weighted by molar-refractivity contribution is -0.117. The number of para-hydroxylation sites is 1. The largest absolute Gasteiger partial charge is 0.390 e. The monoisotopic (exact) mass is 347 g/mol. The lowest BCUT2D eigenvalue weighted by Crippen LogP contribution is -2.43. The Morgan fingerprint density at radius 3 is 2.72 bits per heavy atom. The summed E-state index contributed by atoms with van der Waals surface area (Å²) in [5, 5.41) is 13.3. The molecule has 1 amide bonds. The van der Waals surface area contributed by atoms with Crippen molar-refractivity contribution in [2.24, 2.45) is 5.92 Å². The second-order valence-electron chi connectivity index (χ2n) is 7.39. The number of hydrogen-bond donors (Lipinski definition) is 2. The van der Waals surface area contributed by atoms with Crippen molar-refractivity contribution in [2.75, 3.05) is 45.1 Å². The molecular weight excluding hydrogens is 314 g/mol. The van der Waals surface area contributed by atoms with E-state index in [1.807, 2.05) is 36.2 Å². The lowest BCUT2D eigenvalue weighted by atomic mass is 9.99. The summed E-state index contributed by atoms with van der Waals surface area (Å²) in [7, 11) is 1.88. The van der Waals surface area contributed by atoms with Crippen molar-refractivity contribution < 1.29 is 9.90 Å². The van der Waals surface area contributed by atoms with E-state index in [9.17, 15) is 9.90 Å². The van der Waals surface area contributed by atoms with Crippen LogP contribution in [0.25, 0.3) is 0 Å². The van der Waals surface area contributed by atoms with Crippen molar-refractivity contribution in [3.8, 4) is 0 Å². The number of benzene rings is 1. The van der Waals surface area contributed by atoms with Gasteiger partial charge in [0.1, 0.15) is 0 Å². The summed E-state index contributed by atoms with van der Waals surface area (Å²) < 4.78 is 0. The number of likely N-dealkylation sites (tertiary alicyclic amines) is 1. The number of likely N-dealkylation sites (N-methyl/N-ethyl adjacent to an activating group) is 1. The maximum Gasteiger partial charge on any atom is 0.238 e. The van der Waals surface area contributed by atoms with Gasteiger partial charge in [-0.15, -0.1) is 0 Å². The van der Waals surface area contributed by atoms with Crippen LogP contribution in [0.15, 0.2) is 24.3 Å². The van der Waals surface area contributed by atoms with Crippen molar-refractivity contribution >= 4 is 11.6 Å². The molecular formula is C20H33N3O2. The number of nitrogens with zero attached hydrogens (tertiary/aromatic N) is 2. The molecule has 0 radical (unpaired) electrons. The predicted molar refractivity (Wildman–Crippen MR) is 103 cm³/mol. The first-order chi connectivity index (χ1) is 12.0. The molecule has 1 saturated heterocycles. The number of piperidine rings is 1. The number of anilines is 1. The molecule has 25 heavy (non-hydrogen) atoms. The molecule has 1 unspecified atom stereocenters. The Bertz CT molecular complexity index is 541. The van der Waals surface area contributed by atoms with E-state index in [0.29, 0.717) is 13.1 Å². The van der Waals surface area contributed by atoms with Crippen LogP contribution in [0.3, 0.4) is 0 Å². The Morgan fingerprint density at radius 2 is 2.04 bits per heavy atom. The number of hydrogen-bond acceptors (Lipinski definition) is 4. The number of β-amino-alcohol motifs (C(OH)–C–C–N with tert-alkyl or cyclic N) is 1. The summed E-state index contributed by atoms with van der Waals surface area (Å²) in [6, 6.07) is 7.88. The molecule has 1 fully saturated rings. The fourth-order valence-electron chi connectivity index (χ4n) is 3.41. The molecule has 0 aromatic heterocycles. The Hall–Kier alpha value is -1.43. The third-order valence-electron chi connectivity index (χ3n) is 4.95. The molecule has 5 nitrogen and oxygen atoms in total. The highest BCUT2D eigenvalue weighted by Gasteiger charge is 2.19. The van der Waals surface area contributed by atoms with Gasteiger partial charge in [0.15, 0.2) is 0 Å². The molecule has 1 heterocycles. The summed E-state index contributed by atoms with van der Waals surface area (Å²) in [5.74, 6) is 0.758. The molecule has 1 atom stereocenters. The van der Waals surface area contributed by atoms with Crippen molar-refractivity contribution in [1.82, 2.24) is 9.80 Å². The van der Waals surface area contributed by atoms with E-state index in [0.717, 1.165) is 36.7 Å². The van der Waals surface area contributed by atoms with E-state index in [4.69, 9.17) is 0 Å². The summed E-state index contributed by atoms with van der Waals surface area (Å²) in [6.07, 6.45) is 2.89. The highest BCUT2D eigenvalue weighted by atomic mass is 16.3. The fraction of sp³-hybridized carbons (Fsp3) is 0.650. The first kappa shape index (κ1) is 19.9. The summed E-state index contributed by atoms with van der Waals surface area (Å²) in [6.45, 7) is 7.98. The van der Waals surface area contributed by atoms with Gasteiger partial charge in [0.2, 0.25) is 5.91 Å². The molecule has 0 spiro atoms. The van der Waals surface area contributed by atoms with Gasteiger partial charge in [-0.2, -0.15) is 0 Å². The maximum absolute atomic E-state index is 12.3. The van der Waals surface area contributed by atoms with Crippen LogP contribution in [0.5, 0.6) is 0 Å². The quantitative estimate of drug-likeness (QED) is 0.757. The van der Waals surface area contributed by atoms with Crippen LogP contribution in [0.4, 0.5) is 5.69 Å². The number of amides is 1. The molecule has 140 valence electrons. The molecule has 2 rings (SSSR count). The van der Waals surface area contributed by atoms with Gasteiger partial charge in [-0.05, 0) is 56.9 Å². The van der Waals surface area contributed by atoms with E-state index in [2.05, 4.69) is 24.1 Å². The molecule has 0 bridgehead atoms. The second-order valence-corrected chi connectivity index (χ2v) is 7.39. The normalized spacial score (nSPS) is 17.6. The van der Waals surface area contributed by atoms with Gasteiger partial charge < -0.3 is 15.3 Å². The predicted octanol–water partition coefficient (Wildman–Crippen LogP) is 2.21. The maximum atomic E-state index is 12.3. The number of nitrogens with one attached hydrogen (secondary N) is 1. The first-order valence-electron chi connectivity index (χ1n) is 9.44. The van der Waals surface area contributed by atoms with Crippen LogP contribution in [-0.2, 0) is 11.2 Å². The standard InChI is InChI=1S/C20H33N3O2/c1-4-17-7-5-6-8-19(17)21-20(25)15-22(3)13-18(24)14-23-11-9-16(2)10-12-23/h5-8,16,18,24H,4,9-15H2,1-3H3,(H,21,25). The highest BCUT2D eigenvalue weighted by molar-refractivity contribution is 5.92. The number of carbonyl (C=O) groups excluding carboxylic acids is 1. The molecule has 0 saturated carbocycles. The topological polar surface area (TPSA) is 55.8 Å². The molecule has 2 N–H and O–H groups in total. The van der Waals surface area contributed by atoms with Crippen LogP contribution in [-0.4, -0.2) is 66.7 Å². The van der Waals surface area contributed by atoms with E-state index in [1.54, 1.807) is 0 Å². The molecule has 1 aromatic rings. The van der Waals surface area contributed by atoms with Gasteiger partial charge >= 0.3 is 0 Å². The Kier molecular flexibility index (Phi) is 7.88. The number of aliphatic hydroxyl groups is 1. The first-order valence-corrected chi connectivity index (χ1v) is 9.44. The zero-order valence-corrected chi connectivity index (χ0v) is 15.9. The Labute approximate surface area is 152 Å². The SMILES string of the molecule is CCc1ccccc1NC(=O)CN(C)CC(O)CN1CCC(C)CC1. The zero-order valence-electron chi connectivity index (χ0n) is 15.9. The van der Waals surface area contributed by atoms with E-state index >= 15 is 0 Å². The van der Waals surface area contributed by atoms with E-state index in [-0.39, 0.29) is 12.5 Å². The molecule has 5 heteroatoms. The van der Waals surface area contributed by atoms with Gasteiger partial charge in [-0.3, -0.25) is 9.69 Å². The zero-order chi connectivity index (χ0) is 18.2. The third-order valence-corrected chi connectivity index (χ3v) is 4.95. The Morgan fingerprint density at radius 1 is 1.36 bits per heavy atom. The van der Waals surface area contributed by atoms with Crippen LogP contribution >= 0.6 is 0 Å². The lowest BCUT2D eigenvalue weighted by Gasteiger charge is -2.32. The number of aliphatic hydroxyl groups excluding tert-OH is 1. The van der Waals surface area contributed by atoms with Crippen molar-refractivity contribution in [3.05, 3.63) is 29.8 Å². The fourth-order valence-corrected chi connectivity index (χ4v) is 3.41. The Balaban J connectivity index is 1.73. The van der Waals surface area contributed by atoms with Crippen molar-refractivity contribution in [1.29, 1.82) is 0 Å². The third kappa shape index (κ3) is 6.77. The highest BCUT2D eigenvalue weighted by Crippen LogP contribution is 2.16. The summed E-state index contributed by atoms with van der Waals surface area (Å²) in [5.41, 5.74) is 2.02. The molecule has 1 aliphatic rings. The minimum Gasteiger partial charge on any atom is -0.390 e. The van der Waals surface area contributed by atoms with Gasteiger partial charge in [-0.25, -0.2) is 0 Å². The van der Waals surface area contributed by atoms with Gasteiger partial charge in [0.05, 0.1) is 12.6 Å². The average Bonchev–Trinajstić information content (AvgIpc) is 2.57. The van der Waals surface area contributed by atoms with Gasteiger partial charge in [0, 0.05) is 18.8 Å². The van der Waals surface area contributed by atoms with E-state index < -0.39 is 6.10 Å². The molecule has 1 aliphatic heterocycles. The minimum absolute atomic E-state index is 0.0394. The minimum atomic E-state index is -0.422. The van der Waals surface area contributed by atoms with Crippen molar-refractivity contribution in [3.63, 3.8) is 0 Å². The van der Waals surface area contributed by atoms with Crippen LogP contribution in [0, 0.1) is 5.92 Å². The molecule has 0 aliphatic carbocycles. The molecule has 1 aromatic carbocycles. The van der Waals surface area contributed by atoms with Crippen LogP contribution in [0.1, 0.15) is 32.3 Å². The number of aryl methyl sites for hydroxylation is 1. The average molecular weight is 348 g/mol. The summed E-state index contributed by atoms with van der Waals surface area (Å²) >= 11 is 0. The smallest absolute Gasteiger partial charge is 0.238 e. The second kappa shape index (κ2) is 9.90. The van der Waals surface area contributed by atoms with Crippen molar-refractivity contribution in [2.45, 2.75) is 39.2 Å². The number of carbonyl (C=O) groups is 1.